The lowest BCUT2D eigenvalue weighted by Crippen LogP contribution is -2.41. The molecule has 21 heavy (non-hydrogen) atoms. The van der Waals surface area contributed by atoms with E-state index in [1.807, 2.05) is 0 Å². The van der Waals surface area contributed by atoms with Gasteiger partial charge in [-0.05, 0) is 44.4 Å². The Labute approximate surface area is 124 Å². The first kappa shape index (κ1) is 15.4. The number of carbonyl (C=O) groups excluding carboxylic acids is 2. The Balaban J connectivity index is 2.46. The summed E-state index contributed by atoms with van der Waals surface area (Å²) in [6.07, 6.45) is 1.06. The van der Waals surface area contributed by atoms with E-state index in [4.69, 9.17) is 14.2 Å². The van der Waals surface area contributed by atoms with Gasteiger partial charge in [0.25, 0.3) is 0 Å². The molecule has 0 saturated carbocycles. The quantitative estimate of drug-likeness (QED) is 0.630. The van der Waals surface area contributed by atoms with Gasteiger partial charge in [0.1, 0.15) is 5.41 Å². The second-order valence-corrected chi connectivity index (χ2v) is 5.25. The van der Waals surface area contributed by atoms with Gasteiger partial charge in [-0.1, -0.05) is 0 Å². The average Bonchev–Trinajstić information content (AvgIpc) is 2.50. The van der Waals surface area contributed by atoms with Crippen LogP contribution in [0.2, 0.25) is 0 Å². The number of ether oxygens (including phenoxy) is 3. The largest absolute Gasteiger partial charge is 0.493 e. The first-order valence-corrected chi connectivity index (χ1v) is 6.94. The maximum Gasteiger partial charge on any atom is 0.319 e. The Morgan fingerprint density at radius 3 is 2.43 bits per heavy atom. The molecule has 1 atom stereocenters. The van der Waals surface area contributed by atoms with Crippen molar-refractivity contribution < 1.29 is 23.8 Å². The summed E-state index contributed by atoms with van der Waals surface area (Å²) in [5, 5.41) is 0. The lowest BCUT2D eigenvalue weighted by atomic mass is 9.71. The summed E-state index contributed by atoms with van der Waals surface area (Å²) < 4.78 is 15.5. The van der Waals surface area contributed by atoms with Crippen LogP contribution in [0, 0.1) is 5.41 Å². The Morgan fingerprint density at radius 1 is 1.24 bits per heavy atom. The SMILES string of the molecule is CCOC(=O)[C@@]1(C)CCc2cc(OC)c(OC)cc2C1=O. The van der Waals surface area contributed by atoms with Crippen LogP contribution in [-0.2, 0) is 16.0 Å². The lowest BCUT2D eigenvalue weighted by molar-refractivity contribution is -0.151. The topological polar surface area (TPSA) is 61.8 Å². The summed E-state index contributed by atoms with van der Waals surface area (Å²) in [6, 6.07) is 3.45. The van der Waals surface area contributed by atoms with E-state index < -0.39 is 11.4 Å². The third-order valence-corrected chi connectivity index (χ3v) is 3.98. The minimum atomic E-state index is -1.12. The van der Waals surface area contributed by atoms with Gasteiger partial charge in [-0.2, -0.15) is 0 Å². The number of carbonyl (C=O) groups is 2. The smallest absolute Gasteiger partial charge is 0.319 e. The van der Waals surface area contributed by atoms with E-state index in [9.17, 15) is 9.59 Å². The molecule has 5 heteroatoms. The van der Waals surface area contributed by atoms with Crippen molar-refractivity contribution in [1.82, 2.24) is 0 Å². The van der Waals surface area contributed by atoms with E-state index in [2.05, 4.69) is 0 Å². The van der Waals surface area contributed by atoms with Crippen molar-refractivity contribution in [3.63, 3.8) is 0 Å². The molecule has 2 rings (SSSR count). The van der Waals surface area contributed by atoms with E-state index in [-0.39, 0.29) is 12.4 Å². The van der Waals surface area contributed by atoms with Gasteiger partial charge in [0.15, 0.2) is 17.3 Å². The molecule has 5 nitrogen and oxygen atoms in total. The highest BCUT2D eigenvalue weighted by atomic mass is 16.5. The van der Waals surface area contributed by atoms with Crippen LogP contribution in [0.1, 0.15) is 36.2 Å². The summed E-state index contributed by atoms with van der Waals surface area (Å²) >= 11 is 0. The molecule has 0 saturated heterocycles. The van der Waals surface area contributed by atoms with Crippen LogP contribution in [-0.4, -0.2) is 32.6 Å². The monoisotopic (exact) mass is 292 g/mol. The van der Waals surface area contributed by atoms with Crippen LogP contribution < -0.4 is 9.47 Å². The van der Waals surface area contributed by atoms with Crippen LogP contribution >= 0.6 is 0 Å². The normalized spacial score (nSPS) is 20.7. The summed E-state index contributed by atoms with van der Waals surface area (Å²) in [7, 11) is 3.07. The van der Waals surface area contributed by atoms with Crippen molar-refractivity contribution in [3.8, 4) is 11.5 Å². The number of methoxy groups -OCH3 is 2. The summed E-state index contributed by atoms with van der Waals surface area (Å²) in [5.74, 6) is 0.389. The van der Waals surface area contributed by atoms with Gasteiger partial charge in [0, 0.05) is 5.56 Å². The van der Waals surface area contributed by atoms with Crippen molar-refractivity contribution >= 4 is 11.8 Å². The van der Waals surface area contributed by atoms with Crippen molar-refractivity contribution in [2.45, 2.75) is 26.7 Å². The van der Waals surface area contributed by atoms with Crippen LogP contribution in [0.5, 0.6) is 11.5 Å². The maximum atomic E-state index is 12.7. The van der Waals surface area contributed by atoms with E-state index in [0.717, 1.165) is 5.56 Å². The number of fused-ring (bicyclic) bond motifs is 1. The number of esters is 1. The molecule has 0 heterocycles. The zero-order chi connectivity index (χ0) is 15.6. The molecule has 0 amide bonds. The zero-order valence-corrected chi connectivity index (χ0v) is 12.8. The fourth-order valence-electron chi connectivity index (χ4n) is 2.62. The van der Waals surface area contributed by atoms with E-state index in [1.165, 1.54) is 7.11 Å². The Bertz CT molecular complexity index is 578. The molecule has 0 N–H and O–H groups in total. The van der Waals surface area contributed by atoms with Crippen LogP contribution in [0.4, 0.5) is 0 Å². The highest BCUT2D eigenvalue weighted by molar-refractivity contribution is 6.14. The standard InChI is InChI=1S/C16H20O5/c1-5-21-15(18)16(2)7-6-10-8-12(19-3)13(20-4)9-11(10)14(16)17/h8-9H,5-7H2,1-4H3/t16-/m0/s1. The van der Waals surface area contributed by atoms with E-state index >= 15 is 0 Å². The van der Waals surface area contributed by atoms with Gasteiger partial charge in [-0.3, -0.25) is 9.59 Å². The molecule has 0 fully saturated rings. The van der Waals surface area contributed by atoms with Gasteiger partial charge < -0.3 is 14.2 Å². The molecule has 1 aromatic rings. The highest BCUT2D eigenvalue weighted by Crippen LogP contribution is 2.40. The zero-order valence-electron chi connectivity index (χ0n) is 12.8. The molecule has 1 aromatic carbocycles. The van der Waals surface area contributed by atoms with Gasteiger partial charge in [-0.15, -0.1) is 0 Å². The average molecular weight is 292 g/mol. The Morgan fingerprint density at radius 2 is 1.86 bits per heavy atom. The van der Waals surface area contributed by atoms with Gasteiger partial charge in [0.2, 0.25) is 0 Å². The van der Waals surface area contributed by atoms with E-state index in [0.29, 0.717) is 29.9 Å². The first-order chi connectivity index (χ1) is 9.97. The third-order valence-electron chi connectivity index (χ3n) is 3.98. The molecule has 114 valence electrons. The first-order valence-electron chi connectivity index (χ1n) is 6.94. The lowest BCUT2D eigenvalue weighted by Gasteiger charge is -2.31. The second kappa shape index (κ2) is 5.76. The fraction of sp³-hybridized carbons (Fsp3) is 0.500. The minimum absolute atomic E-state index is 0.219. The molecule has 0 radical (unpaired) electrons. The molecule has 1 aliphatic carbocycles. The molecule has 0 unspecified atom stereocenters. The maximum absolute atomic E-state index is 12.7. The number of Topliss-reactive ketones (excluding diaryl/α,β-unsaturated/α-hetero) is 1. The summed E-state index contributed by atoms with van der Waals surface area (Å²) in [5.41, 5.74) is 0.261. The summed E-state index contributed by atoms with van der Waals surface area (Å²) in [4.78, 5) is 24.8. The third kappa shape index (κ3) is 2.48. The van der Waals surface area contributed by atoms with Gasteiger partial charge >= 0.3 is 5.97 Å². The van der Waals surface area contributed by atoms with Crippen molar-refractivity contribution in [2.24, 2.45) is 5.41 Å². The number of ketones is 1. The molecular formula is C16H20O5. The number of hydrogen-bond donors (Lipinski definition) is 0. The summed E-state index contributed by atoms with van der Waals surface area (Å²) in [6.45, 7) is 3.64. The molecule has 1 aliphatic rings. The number of benzene rings is 1. The number of rotatable bonds is 4. The molecule has 0 bridgehead atoms. The van der Waals surface area contributed by atoms with Crippen LogP contribution in [0.25, 0.3) is 0 Å². The molecule has 0 spiro atoms. The molecule has 0 aliphatic heterocycles. The minimum Gasteiger partial charge on any atom is -0.493 e. The van der Waals surface area contributed by atoms with Crippen molar-refractivity contribution in [1.29, 1.82) is 0 Å². The van der Waals surface area contributed by atoms with Crippen LogP contribution in [0.3, 0.4) is 0 Å². The second-order valence-electron chi connectivity index (χ2n) is 5.25. The predicted octanol–water partition coefficient (Wildman–Crippen LogP) is 2.40. The Kier molecular flexibility index (Phi) is 4.21. The van der Waals surface area contributed by atoms with Crippen LogP contribution in [0.15, 0.2) is 12.1 Å². The number of aryl methyl sites for hydroxylation is 1. The number of hydrogen-bond acceptors (Lipinski definition) is 5. The van der Waals surface area contributed by atoms with Crippen molar-refractivity contribution in [3.05, 3.63) is 23.3 Å². The van der Waals surface area contributed by atoms with Crippen molar-refractivity contribution in [2.75, 3.05) is 20.8 Å². The van der Waals surface area contributed by atoms with E-state index in [1.54, 1.807) is 33.1 Å². The predicted molar refractivity (Wildman–Crippen MR) is 76.9 cm³/mol. The Hall–Kier alpha value is -2.04. The molecule has 0 aromatic heterocycles. The van der Waals surface area contributed by atoms with Gasteiger partial charge in [-0.25, -0.2) is 0 Å². The fourth-order valence-corrected chi connectivity index (χ4v) is 2.62. The van der Waals surface area contributed by atoms with Gasteiger partial charge in [0.05, 0.1) is 20.8 Å². The highest BCUT2D eigenvalue weighted by Gasteiger charge is 2.46. The molecular weight excluding hydrogens is 272 g/mol.